The van der Waals surface area contributed by atoms with E-state index in [2.05, 4.69) is 10.6 Å². The van der Waals surface area contributed by atoms with Crippen molar-refractivity contribution in [3.63, 3.8) is 0 Å². The van der Waals surface area contributed by atoms with Crippen LogP contribution >= 0.6 is 0 Å². The molecule has 3 aromatic carbocycles. The van der Waals surface area contributed by atoms with Gasteiger partial charge in [0.15, 0.2) is 0 Å². The van der Waals surface area contributed by atoms with E-state index in [1.165, 1.54) is 7.11 Å². The van der Waals surface area contributed by atoms with Crippen LogP contribution in [0.1, 0.15) is 22.7 Å². The molecule has 1 aliphatic heterocycles. The minimum absolute atomic E-state index is 0.276. The lowest BCUT2D eigenvalue weighted by Gasteiger charge is -2.30. The molecule has 0 fully saturated rings. The molecule has 7 heteroatoms. The topological polar surface area (TPSA) is 85.9 Å². The van der Waals surface area contributed by atoms with Gasteiger partial charge in [0, 0.05) is 5.56 Å². The number of nitrogens with one attached hydrogen (secondary N) is 2. The molecule has 1 aliphatic rings. The van der Waals surface area contributed by atoms with Gasteiger partial charge in [-0.2, -0.15) is 0 Å². The van der Waals surface area contributed by atoms with Crippen LogP contribution in [-0.4, -0.2) is 26.2 Å². The second-order valence-electron chi connectivity index (χ2n) is 7.35. The highest BCUT2D eigenvalue weighted by Gasteiger charge is 2.35. The molecule has 168 valence electrons. The van der Waals surface area contributed by atoms with Gasteiger partial charge in [0.25, 0.3) is 0 Å². The summed E-state index contributed by atoms with van der Waals surface area (Å²) in [4.78, 5) is 25.5. The summed E-state index contributed by atoms with van der Waals surface area (Å²) in [5.74, 6) is 0.663. The summed E-state index contributed by atoms with van der Waals surface area (Å²) < 4.78 is 16.4. The summed E-state index contributed by atoms with van der Waals surface area (Å²) in [7, 11) is 2.88. The first-order valence-electron chi connectivity index (χ1n) is 10.4. The normalized spacial score (nSPS) is 15.3. The molecule has 0 saturated heterocycles. The summed E-state index contributed by atoms with van der Waals surface area (Å²) >= 11 is 0. The minimum atomic E-state index is -0.768. The molecule has 1 atom stereocenters. The van der Waals surface area contributed by atoms with E-state index in [0.29, 0.717) is 34.9 Å². The number of rotatable bonds is 7. The number of urea groups is 1. The minimum Gasteiger partial charge on any atom is -0.497 e. The van der Waals surface area contributed by atoms with Gasteiger partial charge in [0.1, 0.15) is 18.1 Å². The fraction of sp³-hybridized carbons (Fsp3) is 0.154. The molecule has 4 rings (SSSR count). The Kier molecular flexibility index (Phi) is 6.59. The second-order valence-corrected chi connectivity index (χ2v) is 7.35. The zero-order valence-electron chi connectivity index (χ0n) is 18.3. The molecule has 33 heavy (non-hydrogen) atoms. The van der Waals surface area contributed by atoms with Crippen LogP contribution in [0.4, 0.5) is 4.79 Å². The highest BCUT2D eigenvalue weighted by molar-refractivity contribution is 6.04. The highest BCUT2D eigenvalue weighted by Crippen LogP contribution is 2.36. The molecule has 1 heterocycles. The average molecular weight is 444 g/mol. The van der Waals surface area contributed by atoms with E-state index in [9.17, 15) is 9.59 Å². The lowest BCUT2D eigenvalue weighted by Crippen LogP contribution is -2.45. The SMILES string of the molecule is COC(=O)C1=C(c2ccc(OC)cc2)NC(=O)NC1c1ccccc1OCc1ccccc1. The fourth-order valence-electron chi connectivity index (χ4n) is 3.70. The predicted molar refractivity (Wildman–Crippen MR) is 124 cm³/mol. The summed E-state index contributed by atoms with van der Waals surface area (Å²) in [6.45, 7) is 0.347. The first-order valence-corrected chi connectivity index (χ1v) is 10.4. The molecule has 3 aromatic rings. The predicted octanol–water partition coefficient (Wildman–Crippen LogP) is 4.21. The Morgan fingerprint density at radius 2 is 1.61 bits per heavy atom. The fourth-order valence-corrected chi connectivity index (χ4v) is 3.70. The summed E-state index contributed by atoms with van der Waals surface area (Å²) in [6, 6.07) is 23.0. The van der Waals surface area contributed by atoms with Gasteiger partial charge in [-0.15, -0.1) is 0 Å². The third-order valence-corrected chi connectivity index (χ3v) is 5.32. The van der Waals surface area contributed by atoms with Crippen molar-refractivity contribution in [1.82, 2.24) is 10.6 Å². The third kappa shape index (κ3) is 4.82. The van der Waals surface area contributed by atoms with Crippen molar-refractivity contribution in [1.29, 1.82) is 0 Å². The van der Waals surface area contributed by atoms with Crippen molar-refractivity contribution in [2.45, 2.75) is 12.6 Å². The van der Waals surface area contributed by atoms with Crippen LogP contribution in [0.25, 0.3) is 5.70 Å². The third-order valence-electron chi connectivity index (χ3n) is 5.32. The number of carbonyl (C=O) groups excluding carboxylic acids is 2. The van der Waals surface area contributed by atoms with Crippen molar-refractivity contribution < 1.29 is 23.8 Å². The second kappa shape index (κ2) is 9.91. The van der Waals surface area contributed by atoms with Crippen LogP contribution in [0.3, 0.4) is 0 Å². The summed E-state index contributed by atoms with van der Waals surface area (Å²) in [5, 5.41) is 5.61. The number of benzene rings is 3. The van der Waals surface area contributed by atoms with Gasteiger partial charge < -0.3 is 24.8 Å². The van der Waals surface area contributed by atoms with Crippen LogP contribution in [0.2, 0.25) is 0 Å². The van der Waals surface area contributed by atoms with Crippen LogP contribution < -0.4 is 20.1 Å². The molecular formula is C26H24N2O5. The molecule has 7 nitrogen and oxygen atoms in total. The number of carbonyl (C=O) groups is 2. The van der Waals surface area contributed by atoms with Crippen LogP contribution in [0, 0.1) is 0 Å². The average Bonchev–Trinajstić information content (AvgIpc) is 2.87. The Hall–Kier alpha value is -4.26. The van der Waals surface area contributed by atoms with Crippen LogP contribution in [0.15, 0.2) is 84.4 Å². The van der Waals surface area contributed by atoms with Gasteiger partial charge in [-0.3, -0.25) is 0 Å². The molecule has 0 saturated carbocycles. The molecule has 0 spiro atoms. The summed E-state index contributed by atoms with van der Waals surface area (Å²) in [5.41, 5.74) is 2.95. The van der Waals surface area contributed by atoms with E-state index >= 15 is 0 Å². The van der Waals surface area contributed by atoms with Crippen molar-refractivity contribution in [2.75, 3.05) is 14.2 Å². The van der Waals surface area contributed by atoms with Gasteiger partial charge in [-0.25, -0.2) is 9.59 Å². The molecule has 1 unspecified atom stereocenters. The van der Waals surface area contributed by atoms with Gasteiger partial charge in [-0.1, -0.05) is 48.5 Å². The first kappa shape index (κ1) is 22.0. The van der Waals surface area contributed by atoms with Gasteiger partial charge in [-0.05, 0) is 41.5 Å². The van der Waals surface area contributed by atoms with Gasteiger partial charge in [0.05, 0.1) is 31.5 Å². The number of methoxy groups -OCH3 is 2. The lowest BCUT2D eigenvalue weighted by atomic mass is 9.92. The largest absolute Gasteiger partial charge is 0.497 e. The van der Waals surface area contributed by atoms with Crippen molar-refractivity contribution in [3.05, 3.63) is 101 Å². The van der Waals surface area contributed by atoms with E-state index in [-0.39, 0.29) is 5.57 Å². The molecular weight excluding hydrogens is 420 g/mol. The number of hydrogen-bond donors (Lipinski definition) is 2. The van der Waals surface area contributed by atoms with Crippen molar-refractivity contribution >= 4 is 17.7 Å². The summed E-state index contributed by atoms with van der Waals surface area (Å²) in [6.07, 6.45) is 0. The van der Waals surface area contributed by atoms with Gasteiger partial charge >= 0.3 is 12.0 Å². The molecule has 2 N–H and O–H groups in total. The van der Waals surface area contributed by atoms with E-state index in [1.807, 2.05) is 54.6 Å². The molecule has 0 aromatic heterocycles. The van der Waals surface area contributed by atoms with E-state index in [0.717, 1.165) is 5.56 Å². The first-order chi connectivity index (χ1) is 16.1. The Labute approximate surface area is 192 Å². The maximum absolute atomic E-state index is 12.9. The number of hydrogen-bond acceptors (Lipinski definition) is 5. The molecule has 0 bridgehead atoms. The number of amides is 2. The van der Waals surface area contributed by atoms with E-state index in [4.69, 9.17) is 14.2 Å². The maximum Gasteiger partial charge on any atom is 0.338 e. The number of para-hydroxylation sites is 1. The zero-order valence-corrected chi connectivity index (χ0v) is 18.3. The van der Waals surface area contributed by atoms with Crippen molar-refractivity contribution in [3.8, 4) is 11.5 Å². The smallest absolute Gasteiger partial charge is 0.338 e. The standard InChI is InChI=1S/C26H24N2O5/c1-31-19-14-12-18(13-15-19)23-22(25(29)32-2)24(28-26(30)27-23)20-10-6-7-11-21(20)33-16-17-8-4-3-5-9-17/h3-15,24H,16H2,1-2H3,(H2,27,28,30). The Bertz CT molecular complexity index is 1170. The number of esters is 1. The Balaban J connectivity index is 1.76. The Morgan fingerprint density at radius 1 is 0.909 bits per heavy atom. The van der Waals surface area contributed by atoms with Crippen LogP contribution in [0.5, 0.6) is 11.5 Å². The lowest BCUT2D eigenvalue weighted by molar-refractivity contribution is -0.136. The number of ether oxygens (including phenoxy) is 3. The van der Waals surface area contributed by atoms with E-state index < -0.39 is 18.0 Å². The van der Waals surface area contributed by atoms with Crippen molar-refractivity contribution in [2.24, 2.45) is 0 Å². The molecule has 0 radical (unpaired) electrons. The maximum atomic E-state index is 12.9. The molecule has 0 aliphatic carbocycles. The highest BCUT2D eigenvalue weighted by atomic mass is 16.5. The Morgan fingerprint density at radius 3 is 2.30 bits per heavy atom. The quantitative estimate of drug-likeness (QED) is 0.533. The van der Waals surface area contributed by atoms with Gasteiger partial charge in [0.2, 0.25) is 0 Å². The van der Waals surface area contributed by atoms with E-state index in [1.54, 1.807) is 31.4 Å². The van der Waals surface area contributed by atoms with Crippen LogP contribution in [-0.2, 0) is 16.1 Å². The monoisotopic (exact) mass is 444 g/mol. The molecule has 2 amide bonds. The zero-order chi connectivity index (χ0) is 23.2.